The van der Waals surface area contributed by atoms with Crippen LogP contribution >= 0.6 is 0 Å². The van der Waals surface area contributed by atoms with Crippen LogP contribution in [-0.2, 0) is 6.54 Å². The van der Waals surface area contributed by atoms with E-state index < -0.39 is 13.0 Å². The van der Waals surface area contributed by atoms with Crippen molar-refractivity contribution in [3.05, 3.63) is 60.2 Å². The summed E-state index contributed by atoms with van der Waals surface area (Å²) < 4.78 is 28.9. The summed E-state index contributed by atoms with van der Waals surface area (Å²) >= 11 is 0. The molecule has 0 aliphatic carbocycles. The van der Waals surface area contributed by atoms with E-state index >= 15 is 0 Å². The zero-order valence-electron chi connectivity index (χ0n) is 10.9. The first kappa shape index (κ1) is 14.3. The molecule has 3 nitrogen and oxygen atoms in total. The zero-order valence-corrected chi connectivity index (χ0v) is 10.9. The van der Waals surface area contributed by atoms with Gasteiger partial charge in [0, 0.05) is 12.2 Å². The Morgan fingerprint density at radius 2 is 1.65 bits per heavy atom. The molecule has 0 amide bonds. The maximum absolute atomic E-state index is 12.0. The van der Waals surface area contributed by atoms with Gasteiger partial charge in [0.25, 0.3) is 6.43 Å². The smallest absolute Gasteiger partial charge is 0.272 e. The lowest BCUT2D eigenvalue weighted by atomic mass is 10.2. The van der Waals surface area contributed by atoms with Crippen LogP contribution in [0.4, 0.5) is 14.5 Å². The summed E-state index contributed by atoms with van der Waals surface area (Å²) in [5.74, 6) is 0.449. The van der Waals surface area contributed by atoms with Crippen LogP contribution in [0.15, 0.2) is 54.6 Å². The minimum absolute atomic E-state index is 0.449. The van der Waals surface area contributed by atoms with Crippen LogP contribution in [0, 0.1) is 0 Å². The van der Waals surface area contributed by atoms with Crippen molar-refractivity contribution >= 4 is 5.69 Å². The highest BCUT2D eigenvalue weighted by Crippen LogP contribution is 2.13. The van der Waals surface area contributed by atoms with Crippen molar-refractivity contribution in [2.75, 3.05) is 12.0 Å². The second-order valence-corrected chi connectivity index (χ2v) is 4.19. The van der Waals surface area contributed by atoms with Crippen molar-refractivity contribution in [2.24, 2.45) is 0 Å². The highest BCUT2D eigenvalue weighted by Gasteiger charge is 2.03. The normalized spacial score (nSPS) is 10.6. The Hall–Kier alpha value is -2.14. The Bertz CT molecular complexity index is 503. The number of halogens is 2. The molecule has 0 heterocycles. The number of hydrogen-bond donors (Lipinski definition) is 2. The lowest BCUT2D eigenvalue weighted by molar-refractivity contribution is 0.0819. The third-order valence-corrected chi connectivity index (χ3v) is 2.60. The minimum Gasteiger partial charge on any atom is -0.488 e. The van der Waals surface area contributed by atoms with Gasteiger partial charge in [0.2, 0.25) is 0 Å². The standard InChI is InChI=1S/C15H16F2N2O/c16-15(17)11-20-14-8-6-12(7-9-14)10-18-19-13-4-2-1-3-5-13/h1-9,15,18-19H,10-11H2. The van der Waals surface area contributed by atoms with Gasteiger partial charge in [-0.25, -0.2) is 14.2 Å². The largest absolute Gasteiger partial charge is 0.488 e. The zero-order chi connectivity index (χ0) is 14.2. The number of ether oxygens (including phenoxy) is 1. The predicted molar refractivity (Wildman–Crippen MR) is 74.8 cm³/mol. The number of para-hydroxylation sites is 1. The van der Waals surface area contributed by atoms with E-state index in [0.717, 1.165) is 11.3 Å². The monoisotopic (exact) mass is 278 g/mol. The average molecular weight is 278 g/mol. The van der Waals surface area contributed by atoms with Gasteiger partial charge in [-0.05, 0) is 29.8 Å². The SMILES string of the molecule is FC(F)COc1ccc(CNNc2ccccc2)cc1. The molecular formula is C15H16F2N2O. The molecule has 2 aromatic rings. The van der Waals surface area contributed by atoms with Gasteiger partial charge >= 0.3 is 0 Å². The van der Waals surface area contributed by atoms with E-state index in [2.05, 4.69) is 10.9 Å². The fourth-order valence-corrected chi connectivity index (χ4v) is 1.63. The number of nitrogens with one attached hydrogen (secondary N) is 2. The third-order valence-electron chi connectivity index (χ3n) is 2.60. The molecule has 0 spiro atoms. The summed E-state index contributed by atoms with van der Waals surface area (Å²) in [6.45, 7) is 0.0389. The molecule has 0 aliphatic heterocycles. The number of hydrazine groups is 1. The molecule has 0 bridgehead atoms. The van der Waals surface area contributed by atoms with Crippen molar-refractivity contribution in [3.8, 4) is 5.75 Å². The molecule has 2 N–H and O–H groups in total. The molecule has 2 aromatic carbocycles. The van der Waals surface area contributed by atoms with Crippen molar-refractivity contribution in [3.63, 3.8) is 0 Å². The fourth-order valence-electron chi connectivity index (χ4n) is 1.63. The summed E-state index contributed by atoms with van der Waals surface area (Å²) in [6, 6.07) is 16.8. The Labute approximate surface area is 116 Å². The first-order valence-corrected chi connectivity index (χ1v) is 6.28. The first-order valence-electron chi connectivity index (χ1n) is 6.28. The van der Waals surface area contributed by atoms with Gasteiger partial charge in [-0.2, -0.15) is 0 Å². The molecule has 0 radical (unpaired) electrons. The van der Waals surface area contributed by atoms with Gasteiger partial charge in [0.05, 0.1) is 0 Å². The quantitative estimate of drug-likeness (QED) is 0.761. The Morgan fingerprint density at radius 3 is 2.30 bits per heavy atom. The first-order chi connectivity index (χ1) is 9.74. The second kappa shape index (κ2) is 7.45. The van der Waals surface area contributed by atoms with E-state index in [4.69, 9.17) is 4.74 Å². The summed E-state index contributed by atoms with van der Waals surface area (Å²) in [4.78, 5) is 0. The van der Waals surface area contributed by atoms with Crippen LogP contribution in [0.3, 0.4) is 0 Å². The summed E-state index contributed by atoms with van der Waals surface area (Å²) in [7, 11) is 0. The fraction of sp³-hybridized carbons (Fsp3) is 0.200. The molecular weight excluding hydrogens is 262 g/mol. The molecule has 0 fully saturated rings. The number of benzene rings is 2. The van der Waals surface area contributed by atoms with Gasteiger partial charge in [-0.1, -0.05) is 30.3 Å². The van der Waals surface area contributed by atoms with E-state index in [9.17, 15) is 8.78 Å². The van der Waals surface area contributed by atoms with Crippen molar-refractivity contribution in [1.29, 1.82) is 0 Å². The Kier molecular flexibility index (Phi) is 5.32. The molecule has 20 heavy (non-hydrogen) atoms. The lowest BCUT2D eigenvalue weighted by Crippen LogP contribution is -2.20. The van der Waals surface area contributed by atoms with Gasteiger partial charge in [-0.3, -0.25) is 0 Å². The predicted octanol–water partition coefficient (Wildman–Crippen LogP) is 3.45. The second-order valence-electron chi connectivity index (χ2n) is 4.19. The molecule has 0 atom stereocenters. The van der Waals surface area contributed by atoms with Crippen LogP contribution in [-0.4, -0.2) is 13.0 Å². The lowest BCUT2D eigenvalue weighted by Gasteiger charge is -2.09. The van der Waals surface area contributed by atoms with Crippen LogP contribution < -0.4 is 15.6 Å². The van der Waals surface area contributed by atoms with Crippen molar-refractivity contribution in [2.45, 2.75) is 13.0 Å². The summed E-state index contributed by atoms with van der Waals surface area (Å²) in [6.07, 6.45) is -2.45. The molecule has 0 aromatic heterocycles. The number of alkyl halides is 2. The van der Waals surface area contributed by atoms with Gasteiger partial charge in [0.1, 0.15) is 12.4 Å². The molecule has 0 saturated carbocycles. The number of rotatable bonds is 7. The Morgan fingerprint density at radius 1 is 0.950 bits per heavy atom. The summed E-state index contributed by atoms with van der Waals surface area (Å²) in [5, 5.41) is 0. The number of hydrogen-bond acceptors (Lipinski definition) is 3. The van der Waals surface area contributed by atoms with Crippen LogP contribution in [0.2, 0.25) is 0 Å². The summed E-state index contributed by atoms with van der Waals surface area (Å²) in [5.41, 5.74) is 8.15. The minimum atomic E-state index is -2.45. The van der Waals surface area contributed by atoms with Gasteiger partial charge < -0.3 is 10.2 Å². The average Bonchev–Trinajstić information content (AvgIpc) is 2.47. The van der Waals surface area contributed by atoms with Gasteiger partial charge in [0.15, 0.2) is 0 Å². The number of anilines is 1. The maximum atomic E-state index is 12.0. The van der Waals surface area contributed by atoms with Crippen LogP contribution in [0.25, 0.3) is 0 Å². The molecule has 5 heteroatoms. The van der Waals surface area contributed by atoms with Crippen LogP contribution in [0.1, 0.15) is 5.56 Å². The van der Waals surface area contributed by atoms with E-state index in [0.29, 0.717) is 12.3 Å². The molecule has 2 rings (SSSR count). The van der Waals surface area contributed by atoms with Crippen molar-refractivity contribution < 1.29 is 13.5 Å². The van der Waals surface area contributed by atoms with Crippen LogP contribution in [0.5, 0.6) is 5.75 Å². The molecule has 0 saturated heterocycles. The van der Waals surface area contributed by atoms with E-state index in [1.54, 1.807) is 12.1 Å². The van der Waals surface area contributed by atoms with E-state index in [-0.39, 0.29) is 0 Å². The molecule has 0 aliphatic rings. The topological polar surface area (TPSA) is 33.3 Å². The highest BCUT2D eigenvalue weighted by molar-refractivity contribution is 5.41. The highest BCUT2D eigenvalue weighted by atomic mass is 19.3. The maximum Gasteiger partial charge on any atom is 0.272 e. The molecule has 106 valence electrons. The molecule has 0 unspecified atom stereocenters. The third kappa shape index (κ3) is 4.85. The van der Waals surface area contributed by atoms with Crippen molar-refractivity contribution in [1.82, 2.24) is 5.43 Å². The Balaban J connectivity index is 1.76. The van der Waals surface area contributed by atoms with E-state index in [1.807, 2.05) is 42.5 Å². The van der Waals surface area contributed by atoms with E-state index in [1.165, 1.54) is 0 Å². The van der Waals surface area contributed by atoms with Gasteiger partial charge in [-0.15, -0.1) is 0 Å².